The lowest BCUT2D eigenvalue weighted by molar-refractivity contribution is 0.102. The van der Waals surface area contributed by atoms with Gasteiger partial charge in [-0.25, -0.2) is 0 Å². The molecule has 0 unspecified atom stereocenters. The second kappa shape index (κ2) is 8.29. The molecule has 1 fully saturated rings. The van der Waals surface area contributed by atoms with E-state index < -0.39 is 0 Å². The maximum absolute atomic E-state index is 12.8. The third kappa shape index (κ3) is 4.03. The number of hydrogen-bond donors (Lipinski definition) is 1. The number of amides is 1. The summed E-state index contributed by atoms with van der Waals surface area (Å²) >= 11 is 6.41. The Hall–Kier alpha value is -2.44. The number of rotatable bonds is 5. The quantitative estimate of drug-likeness (QED) is 0.866. The molecule has 0 aliphatic carbocycles. The zero-order valence-corrected chi connectivity index (χ0v) is 15.5. The van der Waals surface area contributed by atoms with Gasteiger partial charge in [-0.3, -0.25) is 4.79 Å². The molecule has 0 bridgehead atoms. The molecule has 138 valence electrons. The Morgan fingerprint density at radius 2 is 1.77 bits per heavy atom. The van der Waals surface area contributed by atoms with Gasteiger partial charge in [-0.15, -0.1) is 0 Å². The van der Waals surface area contributed by atoms with Gasteiger partial charge in [0.15, 0.2) is 0 Å². The first-order chi connectivity index (χ1) is 12.6. The van der Waals surface area contributed by atoms with Crippen LogP contribution < -0.4 is 19.7 Å². The third-order valence-electron chi connectivity index (χ3n) is 4.18. The van der Waals surface area contributed by atoms with Crippen LogP contribution in [0.3, 0.4) is 0 Å². The summed E-state index contributed by atoms with van der Waals surface area (Å²) in [6, 6.07) is 10.5. The molecule has 2 aromatic carbocycles. The Kier molecular flexibility index (Phi) is 5.85. The molecular weight excluding hydrogens is 356 g/mol. The molecule has 2 aromatic rings. The van der Waals surface area contributed by atoms with E-state index in [1.807, 2.05) is 18.2 Å². The van der Waals surface area contributed by atoms with Crippen molar-refractivity contribution in [2.75, 3.05) is 50.7 Å². The van der Waals surface area contributed by atoms with Crippen molar-refractivity contribution in [2.24, 2.45) is 0 Å². The summed E-state index contributed by atoms with van der Waals surface area (Å²) in [6.45, 7) is 2.70. The lowest BCUT2D eigenvalue weighted by atomic mass is 10.1. The van der Waals surface area contributed by atoms with E-state index in [2.05, 4.69) is 10.2 Å². The minimum atomic E-state index is -0.265. The number of morpholine rings is 1. The van der Waals surface area contributed by atoms with Crippen molar-refractivity contribution in [1.82, 2.24) is 0 Å². The van der Waals surface area contributed by atoms with Crippen molar-refractivity contribution in [2.45, 2.75) is 0 Å². The highest BCUT2D eigenvalue weighted by atomic mass is 35.5. The van der Waals surface area contributed by atoms with Gasteiger partial charge in [-0.05, 0) is 24.3 Å². The Labute approximate surface area is 157 Å². The third-order valence-corrected chi connectivity index (χ3v) is 4.48. The molecule has 0 spiro atoms. The molecule has 3 rings (SSSR count). The summed E-state index contributed by atoms with van der Waals surface area (Å²) in [5.74, 6) is 0.835. The molecule has 1 amide bonds. The van der Waals surface area contributed by atoms with Crippen molar-refractivity contribution in [3.8, 4) is 11.5 Å². The first-order valence-electron chi connectivity index (χ1n) is 8.28. The van der Waals surface area contributed by atoms with Crippen molar-refractivity contribution in [3.63, 3.8) is 0 Å². The van der Waals surface area contributed by atoms with E-state index in [1.165, 1.54) is 0 Å². The van der Waals surface area contributed by atoms with Crippen LogP contribution in [-0.4, -0.2) is 46.4 Å². The molecule has 6 nitrogen and oxygen atoms in total. The minimum absolute atomic E-state index is 0.265. The summed E-state index contributed by atoms with van der Waals surface area (Å²) in [6.07, 6.45) is 0. The minimum Gasteiger partial charge on any atom is -0.497 e. The second-order valence-electron chi connectivity index (χ2n) is 5.79. The molecule has 1 N–H and O–H groups in total. The fraction of sp³-hybridized carbons (Fsp3) is 0.316. The highest BCUT2D eigenvalue weighted by Crippen LogP contribution is 2.35. The SMILES string of the molecule is COc1cc(OC)cc(C(=O)Nc2cccc(Cl)c2N2CCOCC2)c1. The van der Waals surface area contributed by atoms with Gasteiger partial charge in [0.25, 0.3) is 5.91 Å². The fourth-order valence-electron chi connectivity index (χ4n) is 2.86. The predicted octanol–water partition coefficient (Wildman–Crippen LogP) is 3.45. The Morgan fingerprint density at radius 1 is 1.12 bits per heavy atom. The number of hydrogen-bond acceptors (Lipinski definition) is 5. The fourth-order valence-corrected chi connectivity index (χ4v) is 3.15. The zero-order valence-electron chi connectivity index (χ0n) is 14.8. The number of nitrogens with one attached hydrogen (secondary N) is 1. The van der Waals surface area contributed by atoms with Crippen LogP contribution in [0.4, 0.5) is 11.4 Å². The Bertz CT molecular complexity index is 769. The van der Waals surface area contributed by atoms with Gasteiger partial charge in [-0.2, -0.15) is 0 Å². The topological polar surface area (TPSA) is 60.0 Å². The van der Waals surface area contributed by atoms with E-state index in [0.717, 1.165) is 18.8 Å². The average Bonchev–Trinajstić information content (AvgIpc) is 2.68. The highest BCUT2D eigenvalue weighted by Gasteiger charge is 2.20. The van der Waals surface area contributed by atoms with Crippen LogP contribution in [0.15, 0.2) is 36.4 Å². The lowest BCUT2D eigenvalue weighted by Crippen LogP contribution is -2.37. The smallest absolute Gasteiger partial charge is 0.255 e. The van der Waals surface area contributed by atoms with Crippen LogP contribution in [0.2, 0.25) is 5.02 Å². The van der Waals surface area contributed by atoms with Crippen LogP contribution in [0.5, 0.6) is 11.5 Å². The second-order valence-corrected chi connectivity index (χ2v) is 6.20. The van der Waals surface area contributed by atoms with Crippen molar-refractivity contribution >= 4 is 28.9 Å². The van der Waals surface area contributed by atoms with Crippen LogP contribution in [0.1, 0.15) is 10.4 Å². The van der Waals surface area contributed by atoms with E-state index in [9.17, 15) is 4.79 Å². The van der Waals surface area contributed by atoms with Crippen molar-refractivity contribution in [1.29, 1.82) is 0 Å². The van der Waals surface area contributed by atoms with Gasteiger partial charge in [0.1, 0.15) is 11.5 Å². The van der Waals surface area contributed by atoms with Crippen LogP contribution in [-0.2, 0) is 4.74 Å². The highest BCUT2D eigenvalue weighted by molar-refractivity contribution is 6.34. The normalized spacial score (nSPS) is 14.0. The monoisotopic (exact) mass is 376 g/mol. The summed E-state index contributed by atoms with van der Waals surface area (Å²) < 4.78 is 15.9. The van der Waals surface area contributed by atoms with Crippen molar-refractivity contribution < 1.29 is 19.0 Å². The Morgan fingerprint density at radius 3 is 2.38 bits per heavy atom. The van der Waals surface area contributed by atoms with Crippen LogP contribution in [0, 0.1) is 0 Å². The standard InChI is InChI=1S/C19H21ClN2O4/c1-24-14-10-13(11-15(12-14)25-2)19(23)21-17-5-3-4-16(20)18(17)22-6-8-26-9-7-22/h3-5,10-12H,6-9H2,1-2H3,(H,21,23). The summed E-state index contributed by atoms with van der Waals surface area (Å²) in [5, 5.41) is 3.54. The summed E-state index contributed by atoms with van der Waals surface area (Å²) in [5.41, 5.74) is 1.90. The molecular formula is C19H21ClN2O4. The molecule has 1 saturated heterocycles. The number of carbonyl (C=O) groups excluding carboxylic acids is 1. The maximum Gasteiger partial charge on any atom is 0.255 e. The molecule has 0 atom stereocenters. The summed E-state index contributed by atoms with van der Waals surface area (Å²) in [4.78, 5) is 14.9. The molecule has 26 heavy (non-hydrogen) atoms. The molecule has 1 aliphatic heterocycles. The average molecular weight is 377 g/mol. The molecule has 0 radical (unpaired) electrons. The lowest BCUT2D eigenvalue weighted by Gasteiger charge is -2.31. The van der Waals surface area contributed by atoms with Gasteiger partial charge < -0.3 is 24.4 Å². The van der Waals surface area contributed by atoms with E-state index in [4.69, 9.17) is 25.8 Å². The van der Waals surface area contributed by atoms with Crippen LogP contribution in [0.25, 0.3) is 0 Å². The van der Waals surface area contributed by atoms with Gasteiger partial charge >= 0.3 is 0 Å². The zero-order chi connectivity index (χ0) is 18.5. The van der Waals surface area contributed by atoms with E-state index in [0.29, 0.717) is 41.0 Å². The molecule has 0 saturated carbocycles. The summed E-state index contributed by atoms with van der Waals surface area (Å²) in [7, 11) is 3.09. The van der Waals surface area contributed by atoms with Crippen LogP contribution >= 0.6 is 11.6 Å². The molecule has 7 heteroatoms. The van der Waals surface area contributed by atoms with E-state index >= 15 is 0 Å². The number of carbonyl (C=O) groups is 1. The van der Waals surface area contributed by atoms with Gasteiger partial charge in [-0.1, -0.05) is 17.7 Å². The first kappa shape index (κ1) is 18.4. The Balaban J connectivity index is 1.89. The van der Waals surface area contributed by atoms with E-state index in [1.54, 1.807) is 32.4 Å². The number of nitrogens with zero attached hydrogens (tertiary/aromatic N) is 1. The maximum atomic E-state index is 12.8. The van der Waals surface area contributed by atoms with Gasteiger partial charge in [0.2, 0.25) is 0 Å². The number of benzene rings is 2. The number of methoxy groups -OCH3 is 2. The number of para-hydroxylation sites is 1. The number of anilines is 2. The largest absolute Gasteiger partial charge is 0.497 e. The number of ether oxygens (including phenoxy) is 3. The molecule has 0 aromatic heterocycles. The van der Waals surface area contributed by atoms with Crippen molar-refractivity contribution in [3.05, 3.63) is 47.0 Å². The molecule has 1 aliphatic rings. The molecule has 1 heterocycles. The number of halogens is 1. The van der Waals surface area contributed by atoms with Gasteiger partial charge in [0.05, 0.1) is 43.8 Å². The predicted molar refractivity (Wildman–Crippen MR) is 102 cm³/mol. The first-order valence-corrected chi connectivity index (χ1v) is 8.66. The van der Waals surface area contributed by atoms with E-state index in [-0.39, 0.29) is 5.91 Å². The van der Waals surface area contributed by atoms with Gasteiger partial charge in [0, 0.05) is 24.7 Å².